The molecular weight excluding hydrogens is 369 g/mol. The summed E-state index contributed by atoms with van der Waals surface area (Å²) in [5.41, 5.74) is 0.601. The van der Waals surface area contributed by atoms with Crippen molar-refractivity contribution in [2.45, 2.75) is 25.4 Å². The van der Waals surface area contributed by atoms with Crippen molar-refractivity contribution < 1.29 is 23.4 Å². The molecular formula is C18H24FN5O4. The zero-order chi connectivity index (χ0) is 20.1. The van der Waals surface area contributed by atoms with Gasteiger partial charge in [-0.1, -0.05) is 0 Å². The number of rotatable bonds is 7. The molecule has 3 rings (SSSR count). The van der Waals surface area contributed by atoms with Crippen LogP contribution in [0.5, 0.6) is 5.88 Å². The maximum absolute atomic E-state index is 13.7. The zero-order valence-corrected chi connectivity index (χ0v) is 16.1. The Morgan fingerprint density at radius 1 is 1.46 bits per heavy atom. The van der Waals surface area contributed by atoms with E-state index in [0.717, 1.165) is 6.42 Å². The highest BCUT2D eigenvalue weighted by Gasteiger charge is 2.29. The van der Waals surface area contributed by atoms with E-state index in [4.69, 9.17) is 14.2 Å². The van der Waals surface area contributed by atoms with Gasteiger partial charge in [-0.25, -0.2) is 4.79 Å². The average Bonchev–Trinajstić information content (AvgIpc) is 3.11. The van der Waals surface area contributed by atoms with E-state index < -0.39 is 11.9 Å². The fraction of sp³-hybridized carbons (Fsp3) is 0.500. The molecule has 1 fully saturated rings. The van der Waals surface area contributed by atoms with Crippen LogP contribution in [0, 0.1) is 5.95 Å². The van der Waals surface area contributed by atoms with Gasteiger partial charge in [0.05, 0.1) is 26.4 Å². The van der Waals surface area contributed by atoms with Crippen LogP contribution in [0.3, 0.4) is 0 Å². The lowest BCUT2D eigenvalue weighted by Crippen LogP contribution is -2.42. The van der Waals surface area contributed by atoms with E-state index in [0.29, 0.717) is 18.9 Å². The molecule has 10 heteroatoms. The molecule has 2 N–H and O–H groups in total. The van der Waals surface area contributed by atoms with E-state index >= 15 is 0 Å². The van der Waals surface area contributed by atoms with Crippen LogP contribution in [0.1, 0.15) is 29.7 Å². The molecule has 9 nitrogen and oxygen atoms in total. The van der Waals surface area contributed by atoms with Gasteiger partial charge < -0.3 is 24.8 Å². The van der Waals surface area contributed by atoms with Gasteiger partial charge >= 0.3 is 5.97 Å². The largest absolute Gasteiger partial charge is 0.481 e. The van der Waals surface area contributed by atoms with Crippen LogP contribution in [-0.4, -0.2) is 60.8 Å². The predicted molar refractivity (Wildman–Crippen MR) is 99.5 cm³/mol. The predicted octanol–water partition coefficient (Wildman–Crippen LogP) is 1.90. The molecule has 0 amide bonds. The van der Waals surface area contributed by atoms with Crippen molar-refractivity contribution in [1.82, 2.24) is 20.1 Å². The second-order valence-corrected chi connectivity index (χ2v) is 6.26. The summed E-state index contributed by atoms with van der Waals surface area (Å²) >= 11 is 0. The lowest BCUT2D eigenvalue weighted by Gasteiger charge is -2.31. The highest BCUT2D eigenvalue weighted by Crippen LogP contribution is 2.27. The van der Waals surface area contributed by atoms with Crippen LogP contribution in [0.25, 0.3) is 0 Å². The van der Waals surface area contributed by atoms with Gasteiger partial charge in [0.15, 0.2) is 5.82 Å². The molecule has 28 heavy (non-hydrogen) atoms. The van der Waals surface area contributed by atoms with Crippen LogP contribution in [-0.2, 0) is 9.47 Å². The third-order valence-corrected chi connectivity index (χ3v) is 4.51. The fourth-order valence-electron chi connectivity index (χ4n) is 3.12. The van der Waals surface area contributed by atoms with Crippen molar-refractivity contribution in [3.63, 3.8) is 0 Å². The van der Waals surface area contributed by atoms with Gasteiger partial charge in [0.1, 0.15) is 5.56 Å². The fourth-order valence-corrected chi connectivity index (χ4v) is 3.12. The SMILES string of the molecule is CCOC(=O)c1cn([C@H]2COCC[C@@H]2NC)nc1Nc1cc(F)nc(OC)c1. The molecule has 1 aliphatic rings. The number of anilines is 2. The van der Waals surface area contributed by atoms with Crippen molar-refractivity contribution in [2.75, 3.05) is 39.3 Å². The highest BCUT2D eigenvalue weighted by molar-refractivity contribution is 5.95. The van der Waals surface area contributed by atoms with E-state index in [1.807, 2.05) is 7.05 Å². The van der Waals surface area contributed by atoms with E-state index in [1.54, 1.807) is 17.8 Å². The molecule has 0 spiro atoms. The van der Waals surface area contributed by atoms with Gasteiger partial charge in [-0.05, 0) is 20.4 Å². The monoisotopic (exact) mass is 393 g/mol. The third kappa shape index (κ3) is 4.39. The average molecular weight is 393 g/mol. The maximum atomic E-state index is 13.7. The Hall–Kier alpha value is -2.72. The van der Waals surface area contributed by atoms with Crippen molar-refractivity contribution in [2.24, 2.45) is 0 Å². The summed E-state index contributed by atoms with van der Waals surface area (Å²) in [6, 6.07) is 2.76. The Kier molecular flexibility index (Phi) is 6.42. The van der Waals surface area contributed by atoms with Crippen molar-refractivity contribution in [1.29, 1.82) is 0 Å². The highest BCUT2D eigenvalue weighted by atomic mass is 19.1. The van der Waals surface area contributed by atoms with Gasteiger partial charge in [0, 0.05) is 36.7 Å². The number of likely N-dealkylation sites (N-methyl/N-ethyl adjacent to an activating group) is 1. The van der Waals surface area contributed by atoms with Gasteiger partial charge in [0.2, 0.25) is 11.8 Å². The minimum absolute atomic E-state index is 0.0915. The standard InChI is InChI=1S/C18H24FN5O4/c1-4-28-18(25)12-9-24(14-10-27-6-5-13(14)20-2)23-17(12)21-11-7-15(19)22-16(8-11)26-3/h7-9,13-14,20H,4-6,10H2,1-3H3,(H,21,22,23)/t13-,14-/m0/s1. The summed E-state index contributed by atoms with van der Waals surface area (Å²) in [5, 5.41) is 10.7. The number of nitrogens with zero attached hydrogens (tertiary/aromatic N) is 3. The van der Waals surface area contributed by atoms with Crippen LogP contribution in [0.2, 0.25) is 0 Å². The molecule has 0 aliphatic carbocycles. The Morgan fingerprint density at radius 2 is 2.29 bits per heavy atom. The molecule has 0 unspecified atom stereocenters. The van der Waals surface area contributed by atoms with Gasteiger partial charge in [-0.15, -0.1) is 0 Å². The molecule has 0 saturated carbocycles. The molecule has 0 aromatic carbocycles. The van der Waals surface area contributed by atoms with Crippen molar-refractivity contribution in [3.8, 4) is 5.88 Å². The smallest absolute Gasteiger partial charge is 0.343 e. The summed E-state index contributed by atoms with van der Waals surface area (Å²) in [6.45, 7) is 3.08. The lowest BCUT2D eigenvalue weighted by molar-refractivity contribution is 0.0345. The summed E-state index contributed by atoms with van der Waals surface area (Å²) in [6.07, 6.45) is 2.45. The van der Waals surface area contributed by atoms with E-state index in [-0.39, 0.29) is 36.0 Å². The molecule has 1 aliphatic heterocycles. The molecule has 0 radical (unpaired) electrons. The van der Waals surface area contributed by atoms with Crippen molar-refractivity contribution in [3.05, 3.63) is 29.8 Å². The molecule has 1 saturated heterocycles. The number of hydrogen-bond donors (Lipinski definition) is 2. The number of ether oxygens (including phenoxy) is 3. The Morgan fingerprint density at radius 3 is 3.00 bits per heavy atom. The second kappa shape index (κ2) is 8.98. The number of esters is 1. The summed E-state index contributed by atoms with van der Waals surface area (Å²) in [7, 11) is 3.27. The van der Waals surface area contributed by atoms with Gasteiger partial charge in [0.25, 0.3) is 0 Å². The summed E-state index contributed by atoms with van der Waals surface area (Å²) < 4.78 is 31.1. The maximum Gasteiger partial charge on any atom is 0.343 e. The number of hydrogen-bond acceptors (Lipinski definition) is 8. The molecule has 0 bridgehead atoms. The first kappa shape index (κ1) is 20.0. The Bertz CT molecular complexity index is 828. The number of carbonyl (C=O) groups is 1. The number of halogens is 1. The number of nitrogens with one attached hydrogen (secondary N) is 2. The first-order valence-corrected chi connectivity index (χ1v) is 9.05. The lowest BCUT2D eigenvalue weighted by atomic mass is 10.0. The number of pyridine rings is 1. The molecule has 2 aromatic heterocycles. The Balaban J connectivity index is 1.95. The van der Waals surface area contributed by atoms with E-state index in [2.05, 4.69) is 20.7 Å². The number of aromatic nitrogens is 3. The number of carbonyl (C=O) groups excluding carboxylic acids is 1. The first-order valence-electron chi connectivity index (χ1n) is 9.05. The summed E-state index contributed by atoms with van der Waals surface area (Å²) in [5.74, 6) is -0.868. The van der Waals surface area contributed by atoms with Crippen LogP contribution in [0.4, 0.5) is 15.9 Å². The summed E-state index contributed by atoms with van der Waals surface area (Å²) in [4.78, 5) is 16.0. The Labute approximate surface area is 162 Å². The number of methoxy groups -OCH3 is 1. The van der Waals surface area contributed by atoms with Crippen molar-refractivity contribution >= 4 is 17.5 Å². The minimum Gasteiger partial charge on any atom is -0.481 e. The third-order valence-electron chi connectivity index (χ3n) is 4.51. The van der Waals surface area contributed by atoms with Gasteiger partial charge in [-0.3, -0.25) is 4.68 Å². The normalized spacial score (nSPS) is 19.3. The molecule has 2 aromatic rings. The first-order chi connectivity index (χ1) is 13.5. The molecule has 3 heterocycles. The quantitative estimate of drug-likeness (QED) is 0.544. The molecule has 152 valence electrons. The minimum atomic E-state index is -0.713. The van der Waals surface area contributed by atoms with Crippen LogP contribution in [0.15, 0.2) is 18.3 Å². The van der Waals surface area contributed by atoms with E-state index in [1.165, 1.54) is 19.2 Å². The van der Waals surface area contributed by atoms with E-state index in [9.17, 15) is 9.18 Å². The molecule has 2 atom stereocenters. The van der Waals surface area contributed by atoms with Crippen LogP contribution < -0.4 is 15.4 Å². The second-order valence-electron chi connectivity index (χ2n) is 6.26. The van der Waals surface area contributed by atoms with Gasteiger partial charge in [-0.2, -0.15) is 14.5 Å². The zero-order valence-electron chi connectivity index (χ0n) is 16.1. The topological polar surface area (TPSA) is 99.5 Å². The van der Waals surface area contributed by atoms with Crippen LogP contribution >= 0.6 is 0 Å².